The van der Waals surface area contributed by atoms with Gasteiger partial charge in [0.25, 0.3) is 6.43 Å². The number of carbonyl (C=O) groups is 1. The van der Waals surface area contributed by atoms with Crippen molar-refractivity contribution >= 4 is 12.0 Å². The molecule has 0 spiro atoms. The van der Waals surface area contributed by atoms with Crippen LogP contribution >= 0.6 is 0 Å². The number of hydrogen-bond acceptors (Lipinski definition) is 5. The van der Waals surface area contributed by atoms with E-state index in [4.69, 9.17) is 0 Å². The lowest BCUT2D eigenvalue weighted by Gasteiger charge is -2.12. The first-order valence-electron chi connectivity index (χ1n) is 4.33. The van der Waals surface area contributed by atoms with Crippen molar-refractivity contribution in [1.29, 1.82) is 0 Å². The molecule has 11 heteroatoms. The topological polar surface area (TPSA) is 82.3 Å². The third kappa shape index (κ3) is 3.33. The van der Waals surface area contributed by atoms with E-state index in [9.17, 15) is 36.9 Å². The maximum absolute atomic E-state index is 12.4. The van der Waals surface area contributed by atoms with Crippen LogP contribution in [0.2, 0.25) is 0 Å². The number of nitro groups is 1. The van der Waals surface area contributed by atoms with E-state index in [2.05, 4.69) is 9.72 Å². The molecule has 1 aromatic heterocycles. The minimum atomic E-state index is -5.39. The molecule has 1 aromatic rings. The van der Waals surface area contributed by atoms with Gasteiger partial charge in [0.15, 0.2) is 6.29 Å². The summed E-state index contributed by atoms with van der Waals surface area (Å²) in [5.41, 5.74) is -4.00. The van der Waals surface area contributed by atoms with E-state index < -0.39 is 46.7 Å². The van der Waals surface area contributed by atoms with Gasteiger partial charge in [0, 0.05) is 0 Å². The van der Waals surface area contributed by atoms with Crippen LogP contribution in [-0.2, 0) is 0 Å². The van der Waals surface area contributed by atoms with Crippen molar-refractivity contribution in [2.24, 2.45) is 0 Å². The minimum Gasteiger partial charge on any atom is -0.397 e. The van der Waals surface area contributed by atoms with Crippen LogP contribution in [-0.4, -0.2) is 22.6 Å². The largest absolute Gasteiger partial charge is 0.573 e. The van der Waals surface area contributed by atoms with Crippen molar-refractivity contribution in [1.82, 2.24) is 4.98 Å². The van der Waals surface area contributed by atoms with Crippen LogP contribution in [0.25, 0.3) is 0 Å². The molecule has 0 amide bonds. The summed E-state index contributed by atoms with van der Waals surface area (Å²) in [6.45, 7) is 0. The number of aromatic nitrogens is 1. The quantitative estimate of drug-likeness (QED) is 0.368. The van der Waals surface area contributed by atoms with E-state index in [-0.39, 0.29) is 6.20 Å². The highest BCUT2D eigenvalue weighted by Crippen LogP contribution is 2.37. The van der Waals surface area contributed by atoms with Crippen LogP contribution in [0.1, 0.15) is 22.5 Å². The number of aldehydes is 1. The Kier molecular flexibility index (Phi) is 3.97. The van der Waals surface area contributed by atoms with E-state index in [1.54, 1.807) is 0 Å². The molecule has 0 aliphatic heterocycles. The molecular weight excluding hydrogens is 283 g/mol. The molecule has 1 heterocycles. The molecule has 0 atom stereocenters. The predicted molar refractivity (Wildman–Crippen MR) is 47.9 cm³/mol. The minimum absolute atomic E-state index is 0.162. The molecule has 0 aliphatic rings. The third-order valence-corrected chi connectivity index (χ3v) is 1.82. The smallest absolute Gasteiger partial charge is 0.397 e. The van der Waals surface area contributed by atoms with Crippen molar-refractivity contribution in [3.8, 4) is 5.75 Å². The number of carbonyl (C=O) groups excluding carboxylic acids is 1. The van der Waals surface area contributed by atoms with Gasteiger partial charge in [0.1, 0.15) is 11.9 Å². The fraction of sp³-hybridized carbons (Fsp3) is 0.250. The first-order valence-corrected chi connectivity index (χ1v) is 4.33. The summed E-state index contributed by atoms with van der Waals surface area (Å²) in [5.74, 6) is -1.61. The molecule has 0 unspecified atom stereocenters. The Hall–Kier alpha value is -2.33. The molecule has 0 saturated heterocycles. The second-order valence-electron chi connectivity index (χ2n) is 2.99. The molecule has 0 aliphatic carbocycles. The van der Waals surface area contributed by atoms with Gasteiger partial charge in [0.05, 0.1) is 10.5 Å². The summed E-state index contributed by atoms with van der Waals surface area (Å²) in [4.78, 5) is 22.6. The summed E-state index contributed by atoms with van der Waals surface area (Å²) in [5, 5.41) is 10.5. The second kappa shape index (κ2) is 5.12. The summed E-state index contributed by atoms with van der Waals surface area (Å²) in [6, 6.07) is 0. The number of halogens is 5. The highest BCUT2D eigenvalue weighted by atomic mass is 19.4. The van der Waals surface area contributed by atoms with Crippen LogP contribution in [0, 0.1) is 10.1 Å². The molecule has 0 aromatic carbocycles. The van der Waals surface area contributed by atoms with Crippen LogP contribution < -0.4 is 4.74 Å². The Morgan fingerprint density at radius 3 is 2.37 bits per heavy atom. The summed E-state index contributed by atoms with van der Waals surface area (Å²) >= 11 is 0. The van der Waals surface area contributed by atoms with Gasteiger partial charge < -0.3 is 4.74 Å². The van der Waals surface area contributed by atoms with Gasteiger partial charge in [-0.05, 0) is 0 Å². The number of ether oxygens (including phenoxy) is 1. The van der Waals surface area contributed by atoms with Crippen molar-refractivity contribution in [3.63, 3.8) is 0 Å². The van der Waals surface area contributed by atoms with Gasteiger partial charge in [-0.25, -0.2) is 13.8 Å². The predicted octanol–water partition coefficient (Wildman–Crippen LogP) is 2.64. The lowest BCUT2D eigenvalue weighted by atomic mass is 10.1. The first kappa shape index (κ1) is 14.7. The van der Waals surface area contributed by atoms with Gasteiger partial charge in [-0.3, -0.25) is 14.9 Å². The summed E-state index contributed by atoms with van der Waals surface area (Å²) < 4.78 is 64.3. The van der Waals surface area contributed by atoms with Gasteiger partial charge in [-0.15, -0.1) is 13.2 Å². The standard InChI is InChI=1S/C8H3F5N2O4/c9-7(10)5-3(2-16)6(19-8(11,12)13)4(1-14-5)15(17)18/h1-2,7H. The fourth-order valence-electron chi connectivity index (χ4n) is 1.15. The van der Waals surface area contributed by atoms with Gasteiger partial charge in [0.2, 0.25) is 5.75 Å². The summed E-state index contributed by atoms with van der Waals surface area (Å²) in [6.07, 6.45) is -9.03. The van der Waals surface area contributed by atoms with E-state index in [1.165, 1.54) is 0 Å². The molecule has 1 rings (SSSR count). The Morgan fingerprint density at radius 2 is 2.00 bits per heavy atom. The average Bonchev–Trinajstić information content (AvgIpc) is 2.25. The number of rotatable bonds is 4. The van der Waals surface area contributed by atoms with Crippen molar-refractivity contribution in [2.75, 3.05) is 0 Å². The zero-order valence-corrected chi connectivity index (χ0v) is 8.65. The molecule has 19 heavy (non-hydrogen) atoms. The maximum atomic E-state index is 12.4. The van der Waals surface area contributed by atoms with E-state index in [0.717, 1.165) is 0 Å². The van der Waals surface area contributed by atoms with Gasteiger partial charge in [-0.1, -0.05) is 0 Å². The molecule has 0 fully saturated rings. The van der Waals surface area contributed by atoms with E-state index >= 15 is 0 Å². The van der Waals surface area contributed by atoms with Crippen molar-refractivity contribution in [2.45, 2.75) is 12.8 Å². The highest BCUT2D eigenvalue weighted by molar-refractivity contribution is 5.83. The Bertz CT molecular complexity index is 517. The lowest BCUT2D eigenvalue weighted by molar-refractivity contribution is -0.389. The number of hydrogen-bond donors (Lipinski definition) is 0. The van der Waals surface area contributed by atoms with Crippen LogP contribution in [0.15, 0.2) is 6.20 Å². The molecule has 104 valence electrons. The molecule has 0 bridgehead atoms. The van der Waals surface area contributed by atoms with E-state index in [0.29, 0.717) is 0 Å². The summed E-state index contributed by atoms with van der Waals surface area (Å²) in [7, 11) is 0. The second-order valence-corrected chi connectivity index (χ2v) is 2.99. The van der Waals surface area contributed by atoms with E-state index in [1.807, 2.05) is 0 Å². The average molecular weight is 286 g/mol. The number of alkyl halides is 5. The Balaban J connectivity index is 3.54. The molecule has 6 nitrogen and oxygen atoms in total. The first-order chi connectivity index (χ1) is 8.67. The maximum Gasteiger partial charge on any atom is 0.573 e. The highest BCUT2D eigenvalue weighted by Gasteiger charge is 2.38. The van der Waals surface area contributed by atoms with Crippen LogP contribution in [0.3, 0.4) is 0 Å². The number of nitrogens with zero attached hydrogens (tertiary/aromatic N) is 2. The molecule has 0 N–H and O–H groups in total. The van der Waals surface area contributed by atoms with Gasteiger partial charge >= 0.3 is 12.0 Å². The van der Waals surface area contributed by atoms with Crippen LogP contribution in [0.4, 0.5) is 27.6 Å². The van der Waals surface area contributed by atoms with Crippen molar-refractivity contribution < 1.29 is 36.4 Å². The lowest BCUT2D eigenvalue weighted by Crippen LogP contribution is -2.20. The number of pyridine rings is 1. The molecule has 0 radical (unpaired) electrons. The Morgan fingerprint density at radius 1 is 1.42 bits per heavy atom. The monoisotopic (exact) mass is 286 g/mol. The SMILES string of the molecule is O=Cc1c(C(F)F)ncc([N+](=O)[O-])c1OC(F)(F)F. The third-order valence-electron chi connectivity index (χ3n) is 1.82. The van der Waals surface area contributed by atoms with Gasteiger partial charge in [-0.2, -0.15) is 0 Å². The van der Waals surface area contributed by atoms with Crippen molar-refractivity contribution in [3.05, 3.63) is 27.6 Å². The molecule has 0 saturated carbocycles. The normalized spacial score (nSPS) is 11.5. The fourth-order valence-corrected chi connectivity index (χ4v) is 1.15. The molecular formula is C8H3F5N2O4. The zero-order valence-electron chi connectivity index (χ0n) is 8.65. The zero-order chi connectivity index (χ0) is 14.8. The van der Waals surface area contributed by atoms with Crippen LogP contribution in [0.5, 0.6) is 5.75 Å². The Labute approximate surface area is 101 Å².